The van der Waals surface area contributed by atoms with E-state index in [0.717, 1.165) is 12.1 Å². The normalized spacial score (nSPS) is 10.8. The molecule has 1 N–H and O–H groups in total. The van der Waals surface area contributed by atoms with E-state index in [1.807, 2.05) is 6.92 Å². The lowest BCUT2D eigenvalue weighted by Gasteiger charge is -2.11. The number of methoxy groups -OCH3 is 1. The van der Waals surface area contributed by atoms with Crippen molar-refractivity contribution in [2.24, 2.45) is 0 Å². The zero-order valence-electron chi connectivity index (χ0n) is 13.6. The molecule has 1 amide bonds. The Bertz CT molecular complexity index is 809. The van der Waals surface area contributed by atoms with Gasteiger partial charge >= 0.3 is 0 Å². The third-order valence-corrected chi connectivity index (χ3v) is 3.43. The smallest absolute Gasteiger partial charge is 0.248 e. The fourth-order valence-electron chi connectivity index (χ4n) is 2.08. The molecule has 0 saturated carbocycles. The van der Waals surface area contributed by atoms with E-state index >= 15 is 0 Å². The average Bonchev–Trinajstić information content (AvgIpc) is 2.56. The molecule has 132 valence electrons. The maximum Gasteiger partial charge on any atom is 0.248 e. The predicted octanol–water partition coefficient (Wildman–Crippen LogP) is 4.68. The van der Waals surface area contributed by atoms with Crippen molar-refractivity contribution in [3.8, 4) is 11.5 Å². The Morgan fingerprint density at radius 3 is 2.68 bits per heavy atom. The molecule has 0 unspecified atom stereocenters. The summed E-state index contributed by atoms with van der Waals surface area (Å²) < 4.78 is 37.0. The van der Waals surface area contributed by atoms with Crippen LogP contribution in [0.15, 0.2) is 36.4 Å². The Morgan fingerprint density at radius 1 is 1.28 bits per heavy atom. The van der Waals surface area contributed by atoms with E-state index in [0.29, 0.717) is 34.8 Å². The van der Waals surface area contributed by atoms with Crippen LogP contribution in [0, 0.1) is 11.6 Å². The third kappa shape index (κ3) is 4.93. The van der Waals surface area contributed by atoms with Crippen LogP contribution in [0.2, 0.25) is 5.02 Å². The minimum Gasteiger partial charge on any atom is -0.491 e. The van der Waals surface area contributed by atoms with E-state index in [2.05, 4.69) is 5.32 Å². The molecule has 0 saturated heterocycles. The molecule has 0 heterocycles. The second-order valence-electron chi connectivity index (χ2n) is 4.91. The molecular formula is C18H16ClF2NO3. The standard InChI is InChI=1S/C18H16ClF2NO3/c1-3-25-16-9-11(8-13(19)18(16)24-2)4-7-17(23)22-15-6-5-12(20)10-14(15)21/h4-10H,3H2,1-2H3,(H,22,23)/b7-4+. The van der Waals surface area contributed by atoms with Crippen LogP contribution >= 0.6 is 11.6 Å². The minimum absolute atomic E-state index is 0.112. The van der Waals surface area contributed by atoms with Crippen LogP contribution in [0.4, 0.5) is 14.5 Å². The lowest BCUT2D eigenvalue weighted by Crippen LogP contribution is -2.09. The Morgan fingerprint density at radius 2 is 2.04 bits per heavy atom. The summed E-state index contributed by atoms with van der Waals surface area (Å²) in [6.07, 6.45) is 2.70. The van der Waals surface area contributed by atoms with Crippen LogP contribution < -0.4 is 14.8 Å². The van der Waals surface area contributed by atoms with E-state index < -0.39 is 17.5 Å². The van der Waals surface area contributed by atoms with E-state index in [-0.39, 0.29) is 5.69 Å². The molecule has 4 nitrogen and oxygen atoms in total. The van der Waals surface area contributed by atoms with Gasteiger partial charge in [0.25, 0.3) is 0 Å². The number of amides is 1. The molecule has 7 heteroatoms. The van der Waals surface area contributed by atoms with Gasteiger partial charge in [0, 0.05) is 12.1 Å². The van der Waals surface area contributed by atoms with Crippen LogP contribution in [-0.2, 0) is 4.79 Å². The van der Waals surface area contributed by atoms with Crippen LogP contribution in [0.25, 0.3) is 6.08 Å². The van der Waals surface area contributed by atoms with Crippen LogP contribution in [0.5, 0.6) is 11.5 Å². The second kappa shape index (κ2) is 8.48. The van der Waals surface area contributed by atoms with Gasteiger partial charge in [-0.3, -0.25) is 4.79 Å². The topological polar surface area (TPSA) is 47.6 Å². The molecule has 2 aromatic rings. The highest BCUT2D eigenvalue weighted by Crippen LogP contribution is 2.36. The zero-order chi connectivity index (χ0) is 18.4. The van der Waals surface area contributed by atoms with E-state index in [1.165, 1.54) is 19.3 Å². The lowest BCUT2D eigenvalue weighted by molar-refractivity contribution is -0.111. The molecule has 0 radical (unpaired) electrons. The summed E-state index contributed by atoms with van der Waals surface area (Å²) in [6, 6.07) is 6.16. The molecule has 0 atom stereocenters. The SMILES string of the molecule is CCOc1cc(/C=C/C(=O)Nc2ccc(F)cc2F)cc(Cl)c1OC. The predicted molar refractivity (Wildman–Crippen MR) is 93.2 cm³/mol. The van der Waals surface area contributed by atoms with Crippen molar-refractivity contribution in [2.75, 3.05) is 19.0 Å². The van der Waals surface area contributed by atoms with Gasteiger partial charge in [0.1, 0.15) is 11.6 Å². The van der Waals surface area contributed by atoms with Crippen LogP contribution in [0.1, 0.15) is 12.5 Å². The van der Waals surface area contributed by atoms with Crippen molar-refractivity contribution in [3.05, 3.63) is 58.6 Å². The Balaban J connectivity index is 2.16. The number of nitrogens with one attached hydrogen (secondary N) is 1. The summed E-state index contributed by atoms with van der Waals surface area (Å²) in [6.45, 7) is 2.24. The van der Waals surface area contributed by atoms with Crippen molar-refractivity contribution >= 4 is 29.3 Å². The van der Waals surface area contributed by atoms with Crippen LogP contribution in [0.3, 0.4) is 0 Å². The highest BCUT2D eigenvalue weighted by molar-refractivity contribution is 6.32. The molecule has 2 aromatic carbocycles. The van der Waals surface area contributed by atoms with Gasteiger partial charge in [0.05, 0.1) is 24.4 Å². The summed E-state index contributed by atoms with van der Waals surface area (Å²) in [4.78, 5) is 11.9. The second-order valence-corrected chi connectivity index (χ2v) is 5.32. The number of ether oxygens (including phenoxy) is 2. The van der Waals surface area contributed by atoms with E-state index in [1.54, 1.807) is 12.1 Å². The fraction of sp³-hybridized carbons (Fsp3) is 0.167. The first kappa shape index (κ1) is 18.7. The number of carbonyl (C=O) groups excluding carboxylic acids is 1. The van der Waals surface area contributed by atoms with Gasteiger partial charge in [-0.15, -0.1) is 0 Å². The molecule has 2 rings (SSSR count). The van der Waals surface area contributed by atoms with Crippen molar-refractivity contribution in [3.63, 3.8) is 0 Å². The zero-order valence-corrected chi connectivity index (χ0v) is 14.4. The molecule has 25 heavy (non-hydrogen) atoms. The van der Waals surface area contributed by atoms with Gasteiger partial charge in [-0.25, -0.2) is 8.78 Å². The maximum absolute atomic E-state index is 13.5. The van der Waals surface area contributed by atoms with Gasteiger partial charge in [-0.2, -0.15) is 0 Å². The van der Waals surface area contributed by atoms with Gasteiger partial charge in [0.2, 0.25) is 5.91 Å². The van der Waals surface area contributed by atoms with Crippen molar-refractivity contribution in [2.45, 2.75) is 6.92 Å². The van der Waals surface area contributed by atoms with Crippen molar-refractivity contribution < 1.29 is 23.0 Å². The summed E-state index contributed by atoms with van der Waals surface area (Å²) in [5.41, 5.74) is 0.489. The Hall–Kier alpha value is -2.60. The Labute approximate surface area is 149 Å². The molecular weight excluding hydrogens is 352 g/mol. The van der Waals surface area contributed by atoms with Gasteiger partial charge in [0.15, 0.2) is 11.5 Å². The highest BCUT2D eigenvalue weighted by atomic mass is 35.5. The van der Waals surface area contributed by atoms with Gasteiger partial charge in [-0.1, -0.05) is 11.6 Å². The minimum atomic E-state index is -0.854. The van der Waals surface area contributed by atoms with E-state index in [4.69, 9.17) is 21.1 Å². The number of hydrogen-bond donors (Lipinski definition) is 1. The van der Waals surface area contributed by atoms with Crippen molar-refractivity contribution in [1.29, 1.82) is 0 Å². The highest BCUT2D eigenvalue weighted by Gasteiger charge is 2.11. The average molecular weight is 368 g/mol. The summed E-state index contributed by atoms with van der Waals surface area (Å²) in [5, 5.41) is 2.66. The maximum atomic E-state index is 13.5. The number of halogens is 3. The van der Waals surface area contributed by atoms with E-state index in [9.17, 15) is 13.6 Å². The first-order chi connectivity index (χ1) is 11.9. The molecule has 0 aliphatic rings. The lowest BCUT2D eigenvalue weighted by atomic mass is 10.2. The largest absolute Gasteiger partial charge is 0.491 e. The Kier molecular flexibility index (Phi) is 6.36. The number of carbonyl (C=O) groups is 1. The molecule has 0 aliphatic carbocycles. The number of benzene rings is 2. The molecule has 0 fully saturated rings. The number of hydrogen-bond acceptors (Lipinski definition) is 3. The van der Waals surface area contributed by atoms with Gasteiger partial charge in [-0.05, 0) is 42.8 Å². The van der Waals surface area contributed by atoms with Crippen molar-refractivity contribution in [1.82, 2.24) is 0 Å². The monoisotopic (exact) mass is 367 g/mol. The molecule has 0 aromatic heterocycles. The summed E-state index contributed by atoms with van der Waals surface area (Å²) in [7, 11) is 1.48. The third-order valence-electron chi connectivity index (χ3n) is 3.15. The fourth-order valence-corrected chi connectivity index (χ4v) is 2.38. The summed E-state index contributed by atoms with van der Waals surface area (Å²) in [5.74, 6) is -1.30. The first-order valence-corrected chi connectivity index (χ1v) is 7.76. The quantitative estimate of drug-likeness (QED) is 0.754. The molecule has 0 aliphatic heterocycles. The number of rotatable bonds is 6. The van der Waals surface area contributed by atoms with Gasteiger partial charge < -0.3 is 14.8 Å². The number of anilines is 1. The molecule has 0 bridgehead atoms. The first-order valence-electron chi connectivity index (χ1n) is 7.39. The summed E-state index contributed by atoms with van der Waals surface area (Å²) >= 11 is 6.13. The van der Waals surface area contributed by atoms with Crippen LogP contribution in [-0.4, -0.2) is 19.6 Å². The molecule has 0 spiro atoms.